The highest BCUT2D eigenvalue weighted by Gasteiger charge is 2.32. The van der Waals surface area contributed by atoms with Crippen LogP contribution in [0.5, 0.6) is 0 Å². The highest BCUT2D eigenvalue weighted by molar-refractivity contribution is 5.78. The third-order valence-electron chi connectivity index (χ3n) is 3.80. The molecular weight excluding hydrogens is 328 g/mol. The molecule has 1 saturated heterocycles. The number of pyridine rings is 1. The van der Waals surface area contributed by atoms with Crippen molar-refractivity contribution in [3.8, 4) is 11.5 Å². The van der Waals surface area contributed by atoms with Gasteiger partial charge in [-0.15, -0.1) is 0 Å². The number of hydrogen-bond donors (Lipinski definition) is 1. The summed E-state index contributed by atoms with van der Waals surface area (Å²) in [4.78, 5) is 33.3. The van der Waals surface area contributed by atoms with Crippen LogP contribution in [0.4, 0.5) is 0 Å². The number of carbonyl (C=O) groups excluding carboxylic acids is 1. The first kappa shape index (κ1) is 17.0. The van der Waals surface area contributed by atoms with Crippen molar-refractivity contribution in [2.75, 3.05) is 13.1 Å². The molecule has 25 heavy (non-hydrogen) atoms. The van der Waals surface area contributed by atoms with Gasteiger partial charge in [0.25, 0.3) is 0 Å². The van der Waals surface area contributed by atoms with Gasteiger partial charge in [-0.2, -0.15) is 4.98 Å². The zero-order valence-corrected chi connectivity index (χ0v) is 13.7. The fourth-order valence-corrected chi connectivity index (χ4v) is 2.62. The van der Waals surface area contributed by atoms with Crippen LogP contribution in [0, 0.1) is 0 Å². The maximum absolute atomic E-state index is 12.3. The molecule has 2 atom stereocenters. The largest absolute Gasteiger partial charge is 0.479 e. The molecule has 1 unspecified atom stereocenters. The molecule has 0 radical (unpaired) electrons. The lowest BCUT2D eigenvalue weighted by atomic mass is 10.2. The molecule has 1 amide bonds. The van der Waals surface area contributed by atoms with Crippen molar-refractivity contribution in [3.05, 3.63) is 30.3 Å². The lowest BCUT2D eigenvalue weighted by molar-refractivity contribution is -0.166. The van der Waals surface area contributed by atoms with E-state index in [2.05, 4.69) is 15.1 Å². The number of nitrogens with zero attached hydrogens (tertiary/aromatic N) is 4. The molecule has 2 aromatic heterocycles. The molecule has 9 nitrogen and oxygen atoms in total. The topological polar surface area (TPSA) is 119 Å². The van der Waals surface area contributed by atoms with Crippen LogP contribution in [-0.4, -0.2) is 62.3 Å². The Balaban J connectivity index is 1.57. The van der Waals surface area contributed by atoms with Gasteiger partial charge in [0, 0.05) is 25.6 Å². The van der Waals surface area contributed by atoms with E-state index in [1.807, 2.05) is 6.07 Å². The van der Waals surface area contributed by atoms with Gasteiger partial charge in [-0.05, 0) is 19.1 Å². The van der Waals surface area contributed by atoms with Crippen molar-refractivity contribution in [1.29, 1.82) is 0 Å². The molecule has 0 aliphatic carbocycles. The Bertz CT molecular complexity index is 748. The van der Waals surface area contributed by atoms with Gasteiger partial charge >= 0.3 is 5.97 Å². The summed E-state index contributed by atoms with van der Waals surface area (Å²) in [5.74, 6) is -0.528. The fraction of sp³-hybridized carbons (Fsp3) is 0.438. The monoisotopic (exact) mass is 346 g/mol. The predicted octanol–water partition coefficient (Wildman–Crippen LogP) is 0.765. The third kappa shape index (κ3) is 4.18. The van der Waals surface area contributed by atoms with Crippen LogP contribution in [0.2, 0.25) is 0 Å². The van der Waals surface area contributed by atoms with E-state index in [0.717, 1.165) is 0 Å². The Morgan fingerprint density at radius 3 is 2.92 bits per heavy atom. The van der Waals surface area contributed by atoms with E-state index in [-0.39, 0.29) is 31.4 Å². The van der Waals surface area contributed by atoms with E-state index in [1.54, 1.807) is 25.3 Å². The van der Waals surface area contributed by atoms with Crippen LogP contribution in [0.1, 0.15) is 19.2 Å². The molecule has 3 heterocycles. The molecular formula is C16H18N4O5. The van der Waals surface area contributed by atoms with Crippen molar-refractivity contribution in [1.82, 2.24) is 20.0 Å². The minimum Gasteiger partial charge on any atom is -0.479 e. The Kier molecular flexibility index (Phi) is 5.03. The van der Waals surface area contributed by atoms with Crippen molar-refractivity contribution in [2.45, 2.75) is 32.0 Å². The molecule has 132 valence electrons. The van der Waals surface area contributed by atoms with Gasteiger partial charge < -0.3 is 19.3 Å². The van der Waals surface area contributed by atoms with Crippen molar-refractivity contribution in [3.63, 3.8) is 0 Å². The summed E-state index contributed by atoms with van der Waals surface area (Å²) < 4.78 is 10.4. The van der Waals surface area contributed by atoms with Gasteiger partial charge in [0.2, 0.25) is 17.6 Å². The molecule has 0 saturated carbocycles. The van der Waals surface area contributed by atoms with Crippen LogP contribution in [-0.2, 0) is 20.7 Å². The zero-order chi connectivity index (χ0) is 17.8. The van der Waals surface area contributed by atoms with Crippen LogP contribution in [0.3, 0.4) is 0 Å². The Morgan fingerprint density at radius 2 is 2.20 bits per heavy atom. The van der Waals surface area contributed by atoms with E-state index < -0.39 is 12.1 Å². The predicted molar refractivity (Wildman–Crippen MR) is 84.4 cm³/mol. The van der Waals surface area contributed by atoms with E-state index in [1.165, 1.54) is 4.90 Å². The highest BCUT2D eigenvalue weighted by atomic mass is 16.5. The molecule has 3 rings (SSSR count). The van der Waals surface area contributed by atoms with Gasteiger partial charge in [0.05, 0.1) is 12.6 Å². The molecule has 2 aromatic rings. The fourth-order valence-electron chi connectivity index (χ4n) is 2.62. The van der Waals surface area contributed by atoms with Gasteiger partial charge in [-0.25, -0.2) is 4.79 Å². The number of aryl methyl sites for hydroxylation is 1. The SMILES string of the molecule is C[C@@H]1CN(C(=O)CCc2nc(-c3ccccn3)no2)CC(C(=O)O)O1. The smallest absolute Gasteiger partial charge is 0.334 e. The lowest BCUT2D eigenvalue weighted by Crippen LogP contribution is -2.51. The number of amides is 1. The number of aliphatic carboxylic acids is 1. The summed E-state index contributed by atoms with van der Waals surface area (Å²) in [5.41, 5.74) is 0.593. The number of carboxylic acid groups (broad SMARTS) is 1. The molecule has 1 N–H and O–H groups in total. The van der Waals surface area contributed by atoms with Crippen LogP contribution in [0.15, 0.2) is 28.9 Å². The summed E-state index contributed by atoms with van der Waals surface area (Å²) >= 11 is 0. The highest BCUT2D eigenvalue weighted by Crippen LogP contribution is 2.15. The average molecular weight is 346 g/mol. The molecule has 1 aliphatic rings. The molecule has 0 aromatic carbocycles. The Labute approximate surface area is 143 Å². The van der Waals surface area contributed by atoms with E-state index in [9.17, 15) is 9.59 Å². The Morgan fingerprint density at radius 1 is 1.36 bits per heavy atom. The summed E-state index contributed by atoms with van der Waals surface area (Å²) in [6.45, 7) is 2.15. The lowest BCUT2D eigenvalue weighted by Gasteiger charge is -2.34. The number of ether oxygens (including phenoxy) is 1. The maximum Gasteiger partial charge on any atom is 0.334 e. The normalized spacial score (nSPS) is 20.4. The first-order valence-electron chi connectivity index (χ1n) is 7.93. The molecule has 1 aliphatic heterocycles. The maximum atomic E-state index is 12.3. The number of morpholine rings is 1. The first-order chi connectivity index (χ1) is 12.0. The molecule has 0 bridgehead atoms. The third-order valence-corrected chi connectivity index (χ3v) is 3.80. The van der Waals surface area contributed by atoms with Crippen molar-refractivity contribution >= 4 is 11.9 Å². The van der Waals surface area contributed by atoms with Crippen LogP contribution >= 0.6 is 0 Å². The zero-order valence-electron chi connectivity index (χ0n) is 13.7. The molecule has 9 heteroatoms. The summed E-state index contributed by atoms with van der Waals surface area (Å²) in [6, 6.07) is 5.37. The van der Waals surface area contributed by atoms with E-state index in [4.69, 9.17) is 14.4 Å². The van der Waals surface area contributed by atoms with Gasteiger partial charge in [0.15, 0.2) is 6.10 Å². The standard InChI is InChI=1S/C16H18N4O5/c1-10-8-20(9-12(24-10)16(22)23)14(21)6-5-13-18-15(19-25-13)11-4-2-3-7-17-11/h2-4,7,10,12H,5-6,8-9H2,1H3,(H,22,23)/t10-,12?/m1/s1. The number of hydrogen-bond acceptors (Lipinski definition) is 7. The van der Waals surface area contributed by atoms with E-state index >= 15 is 0 Å². The number of carbonyl (C=O) groups is 2. The second-order valence-corrected chi connectivity index (χ2v) is 5.80. The minimum atomic E-state index is -1.07. The second kappa shape index (κ2) is 7.39. The number of rotatable bonds is 5. The van der Waals surface area contributed by atoms with Gasteiger partial charge in [-0.1, -0.05) is 11.2 Å². The van der Waals surface area contributed by atoms with Crippen molar-refractivity contribution < 1.29 is 24.0 Å². The van der Waals surface area contributed by atoms with Crippen LogP contribution < -0.4 is 0 Å². The van der Waals surface area contributed by atoms with Gasteiger partial charge in [-0.3, -0.25) is 9.78 Å². The van der Waals surface area contributed by atoms with Crippen LogP contribution in [0.25, 0.3) is 11.5 Å². The summed E-state index contributed by atoms with van der Waals surface area (Å²) in [5, 5.41) is 12.9. The van der Waals surface area contributed by atoms with Gasteiger partial charge in [0.1, 0.15) is 5.69 Å². The quantitative estimate of drug-likeness (QED) is 0.843. The Hall–Kier alpha value is -2.81. The van der Waals surface area contributed by atoms with Crippen molar-refractivity contribution in [2.24, 2.45) is 0 Å². The minimum absolute atomic E-state index is 0.0432. The first-order valence-corrected chi connectivity index (χ1v) is 7.93. The average Bonchev–Trinajstić information content (AvgIpc) is 3.09. The van der Waals surface area contributed by atoms with E-state index in [0.29, 0.717) is 24.0 Å². The molecule has 0 spiro atoms. The molecule has 1 fully saturated rings. The number of aromatic nitrogens is 3. The summed E-state index contributed by atoms with van der Waals surface area (Å²) in [7, 11) is 0. The summed E-state index contributed by atoms with van der Waals surface area (Å²) in [6.07, 6.45) is 0.753. The number of carboxylic acids is 1. The second-order valence-electron chi connectivity index (χ2n) is 5.80.